The van der Waals surface area contributed by atoms with E-state index in [1.54, 1.807) is 25.1 Å². The zero-order valence-electron chi connectivity index (χ0n) is 16.2. The normalized spacial score (nSPS) is 10.9. The number of aromatic nitrogens is 4. The molecule has 0 atom stereocenters. The summed E-state index contributed by atoms with van der Waals surface area (Å²) in [4.78, 5) is 31.7. The Morgan fingerprint density at radius 2 is 1.86 bits per heavy atom. The van der Waals surface area contributed by atoms with E-state index in [4.69, 9.17) is 4.42 Å². The Morgan fingerprint density at radius 3 is 2.52 bits per heavy atom. The van der Waals surface area contributed by atoms with Crippen molar-refractivity contribution in [2.45, 2.75) is 20.8 Å². The van der Waals surface area contributed by atoms with Gasteiger partial charge in [0.2, 0.25) is 5.95 Å². The van der Waals surface area contributed by atoms with Gasteiger partial charge in [0.1, 0.15) is 11.5 Å². The van der Waals surface area contributed by atoms with Crippen LogP contribution in [0.15, 0.2) is 57.9 Å². The van der Waals surface area contributed by atoms with E-state index >= 15 is 0 Å². The molecule has 4 rings (SSSR count). The molecule has 8 nitrogen and oxygen atoms in total. The first-order valence-electron chi connectivity index (χ1n) is 9.01. The summed E-state index contributed by atoms with van der Waals surface area (Å²) in [5.74, 6) is 0.789. The van der Waals surface area contributed by atoms with E-state index in [2.05, 4.69) is 20.4 Å². The third-order valence-electron chi connectivity index (χ3n) is 4.27. The lowest BCUT2D eigenvalue weighted by molar-refractivity contribution is 0.102. The maximum Gasteiger partial charge on any atom is 0.256 e. The predicted octanol–water partition coefficient (Wildman–Crippen LogP) is 3.39. The summed E-state index contributed by atoms with van der Waals surface area (Å²) >= 11 is 0. The van der Waals surface area contributed by atoms with E-state index in [9.17, 15) is 9.59 Å². The van der Waals surface area contributed by atoms with Crippen molar-refractivity contribution in [3.63, 3.8) is 0 Å². The molecule has 0 spiro atoms. The van der Waals surface area contributed by atoms with Gasteiger partial charge in [-0.05, 0) is 45.0 Å². The average Bonchev–Trinajstić information content (AvgIpc) is 3.29. The second-order valence-corrected chi connectivity index (χ2v) is 6.84. The fraction of sp³-hybridized carbons (Fsp3) is 0.143. The monoisotopic (exact) mass is 389 g/mol. The van der Waals surface area contributed by atoms with Gasteiger partial charge in [-0.2, -0.15) is 9.78 Å². The van der Waals surface area contributed by atoms with Crippen molar-refractivity contribution in [3.05, 3.63) is 81.5 Å². The Bertz CT molecular complexity index is 1230. The number of carbonyl (C=O) groups excluding carboxylic acids is 1. The zero-order valence-corrected chi connectivity index (χ0v) is 16.2. The van der Waals surface area contributed by atoms with Crippen LogP contribution < -0.4 is 10.9 Å². The minimum Gasteiger partial charge on any atom is -0.463 e. The highest BCUT2D eigenvalue weighted by Crippen LogP contribution is 2.24. The predicted molar refractivity (Wildman–Crippen MR) is 108 cm³/mol. The molecule has 2 N–H and O–H groups in total. The zero-order chi connectivity index (χ0) is 20.5. The third kappa shape index (κ3) is 3.86. The molecule has 4 aromatic rings. The molecule has 0 aliphatic rings. The minimum absolute atomic E-state index is 0.198. The Kier molecular flexibility index (Phi) is 4.59. The molecule has 0 saturated heterocycles. The number of anilines is 1. The molecule has 3 aromatic heterocycles. The van der Waals surface area contributed by atoms with Gasteiger partial charge >= 0.3 is 0 Å². The molecule has 8 heteroatoms. The summed E-state index contributed by atoms with van der Waals surface area (Å²) in [5, 5.41) is 7.32. The van der Waals surface area contributed by atoms with E-state index in [1.807, 2.05) is 32.0 Å². The molecule has 1 aromatic carbocycles. The van der Waals surface area contributed by atoms with Gasteiger partial charge in [0.25, 0.3) is 11.5 Å². The van der Waals surface area contributed by atoms with Gasteiger partial charge in [-0.25, -0.2) is 4.98 Å². The number of hydrogen-bond donors (Lipinski definition) is 2. The number of nitrogens with one attached hydrogen (secondary N) is 2. The van der Waals surface area contributed by atoms with Crippen LogP contribution in [0.3, 0.4) is 0 Å². The van der Waals surface area contributed by atoms with Gasteiger partial charge in [-0.15, -0.1) is 0 Å². The molecular weight excluding hydrogens is 370 g/mol. The van der Waals surface area contributed by atoms with Crippen LogP contribution in [0.25, 0.3) is 17.4 Å². The van der Waals surface area contributed by atoms with Crippen LogP contribution in [-0.2, 0) is 0 Å². The second kappa shape index (κ2) is 7.23. The van der Waals surface area contributed by atoms with Gasteiger partial charge in [-0.3, -0.25) is 14.6 Å². The first kappa shape index (κ1) is 18.4. The number of aromatic amines is 1. The van der Waals surface area contributed by atoms with Crippen LogP contribution in [0.2, 0.25) is 0 Å². The van der Waals surface area contributed by atoms with E-state index < -0.39 is 0 Å². The van der Waals surface area contributed by atoms with Crippen molar-refractivity contribution < 1.29 is 9.21 Å². The van der Waals surface area contributed by atoms with Crippen LogP contribution in [0.5, 0.6) is 0 Å². The number of amides is 1. The first-order chi connectivity index (χ1) is 13.9. The number of furan rings is 1. The summed E-state index contributed by atoms with van der Waals surface area (Å²) < 4.78 is 6.79. The second-order valence-electron chi connectivity index (χ2n) is 6.84. The van der Waals surface area contributed by atoms with E-state index in [-0.39, 0.29) is 17.4 Å². The Morgan fingerprint density at radius 1 is 1.10 bits per heavy atom. The molecule has 29 heavy (non-hydrogen) atoms. The molecule has 1 amide bonds. The van der Waals surface area contributed by atoms with Crippen molar-refractivity contribution in [2.75, 3.05) is 5.32 Å². The van der Waals surface area contributed by atoms with Crippen LogP contribution in [-0.4, -0.2) is 25.7 Å². The number of H-pyrrole nitrogens is 1. The van der Waals surface area contributed by atoms with Crippen molar-refractivity contribution in [1.82, 2.24) is 19.7 Å². The van der Waals surface area contributed by atoms with Gasteiger partial charge in [-0.1, -0.05) is 17.2 Å². The molecule has 0 radical (unpaired) electrons. The number of rotatable bonds is 4. The van der Waals surface area contributed by atoms with Gasteiger partial charge in [0.05, 0.1) is 6.26 Å². The molecule has 0 aliphatic carbocycles. The van der Waals surface area contributed by atoms with Crippen LogP contribution >= 0.6 is 0 Å². The maximum absolute atomic E-state index is 12.9. The lowest BCUT2D eigenvalue weighted by atomic mass is 10.1. The number of hydrogen-bond acceptors (Lipinski definition) is 5. The van der Waals surface area contributed by atoms with Gasteiger partial charge in [0, 0.05) is 23.4 Å². The summed E-state index contributed by atoms with van der Waals surface area (Å²) in [7, 11) is 0. The van der Waals surface area contributed by atoms with Crippen LogP contribution in [0.4, 0.5) is 5.82 Å². The lowest BCUT2D eigenvalue weighted by Gasteiger charge is -2.09. The summed E-state index contributed by atoms with van der Waals surface area (Å²) in [6.07, 6.45) is 1.54. The first-order valence-corrected chi connectivity index (χ1v) is 9.01. The van der Waals surface area contributed by atoms with Crippen molar-refractivity contribution in [2.24, 2.45) is 0 Å². The lowest BCUT2D eigenvalue weighted by Crippen LogP contribution is -2.19. The smallest absolute Gasteiger partial charge is 0.256 e. The van der Waals surface area contributed by atoms with E-state index in [1.165, 1.54) is 17.0 Å². The number of nitrogens with zero attached hydrogens (tertiary/aromatic N) is 3. The van der Waals surface area contributed by atoms with Gasteiger partial charge < -0.3 is 9.73 Å². The summed E-state index contributed by atoms with van der Waals surface area (Å²) in [6.45, 7) is 5.58. The Labute approximate surface area is 166 Å². The highest BCUT2D eigenvalue weighted by atomic mass is 16.3. The molecule has 0 aliphatic heterocycles. The van der Waals surface area contributed by atoms with Crippen molar-refractivity contribution in [1.29, 1.82) is 0 Å². The highest BCUT2D eigenvalue weighted by molar-refractivity contribution is 6.04. The fourth-order valence-electron chi connectivity index (χ4n) is 3.13. The molecule has 146 valence electrons. The SMILES string of the molecule is Cc1cc(C)cc(C(=O)Nc2cc(-c3ccco3)nn2-c2nc(C)cc(=O)[nH]2)c1. The molecule has 0 unspecified atom stereocenters. The molecule has 3 heterocycles. The van der Waals surface area contributed by atoms with E-state index in [0.717, 1.165) is 11.1 Å². The standard InChI is InChI=1S/C21H19N5O3/c1-12-7-13(2)9-15(8-12)20(28)23-18-11-16(17-5-4-6-29-17)25-26(18)21-22-14(3)10-19(27)24-21/h4-11H,1-3H3,(H,23,28)(H,22,24,27). The maximum atomic E-state index is 12.9. The fourth-order valence-corrected chi connectivity index (χ4v) is 3.13. The largest absolute Gasteiger partial charge is 0.463 e. The van der Waals surface area contributed by atoms with E-state index in [0.29, 0.717) is 28.5 Å². The summed E-state index contributed by atoms with van der Waals surface area (Å²) in [6, 6.07) is 12.2. The van der Waals surface area contributed by atoms with Crippen molar-refractivity contribution in [3.8, 4) is 17.4 Å². The Balaban J connectivity index is 1.78. The topological polar surface area (TPSA) is 106 Å². The van der Waals surface area contributed by atoms with Crippen LogP contribution in [0.1, 0.15) is 27.2 Å². The van der Waals surface area contributed by atoms with Gasteiger partial charge in [0.15, 0.2) is 5.76 Å². The quantitative estimate of drug-likeness (QED) is 0.556. The van der Waals surface area contributed by atoms with Crippen molar-refractivity contribution >= 4 is 11.7 Å². The summed E-state index contributed by atoms with van der Waals surface area (Å²) in [5.41, 5.74) is 3.23. The van der Waals surface area contributed by atoms with Crippen LogP contribution in [0, 0.1) is 20.8 Å². The molecular formula is C21H19N5O3. The number of aryl methyl sites for hydroxylation is 3. The number of benzene rings is 1. The molecule has 0 fully saturated rings. The minimum atomic E-state index is -0.311. The highest BCUT2D eigenvalue weighted by Gasteiger charge is 2.18. The Hall–Kier alpha value is -3.94. The average molecular weight is 389 g/mol. The number of carbonyl (C=O) groups is 1. The molecule has 0 bridgehead atoms. The molecule has 0 saturated carbocycles. The third-order valence-corrected chi connectivity index (χ3v) is 4.27.